The number of furan rings is 1. The van der Waals surface area contributed by atoms with Crippen molar-refractivity contribution in [2.24, 2.45) is 0 Å². The molecule has 5 nitrogen and oxygen atoms in total. The molecule has 11 aromatic rings. The summed E-state index contributed by atoms with van der Waals surface area (Å²) < 4.78 is 8.79. The van der Waals surface area contributed by atoms with Crippen molar-refractivity contribution in [2.75, 3.05) is 4.90 Å². The third kappa shape index (κ3) is 4.96. The zero-order chi connectivity index (χ0) is 37.5. The molecule has 1 aliphatic heterocycles. The van der Waals surface area contributed by atoms with Crippen LogP contribution in [0.3, 0.4) is 0 Å². The number of nitrogens with one attached hydrogen (secondary N) is 1. The van der Waals surface area contributed by atoms with Crippen LogP contribution in [0.15, 0.2) is 186 Å². The van der Waals surface area contributed by atoms with Crippen molar-refractivity contribution in [3.63, 3.8) is 0 Å². The van der Waals surface area contributed by atoms with Crippen LogP contribution in [-0.4, -0.2) is 9.55 Å². The second-order valence-electron chi connectivity index (χ2n) is 14.7. The maximum atomic E-state index is 6.41. The van der Waals surface area contributed by atoms with Gasteiger partial charge in [0, 0.05) is 43.9 Å². The van der Waals surface area contributed by atoms with Crippen LogP contribution in [0.5, 0.6) is 0 Å². The highest BCUT2D eigenvalue weighted by molar-refractivity contribution is 6.11. The molecule has 57 heavy (non-hydrogen) atoms. The van der Waals surface area contributed by atoms with Crippen LogP contribution in [-0.2, 0) is 0 Å². The fraction of sp³-hybridized carbons (Fsp3) is 0. The fourth-order valence-corrected chi connectivity index (χ4v) is 8.75. The Balaban J connectivity index is 1.09. The van der Waals surface area contributed by atoms with E-state index in [2.05, 4.69) is 190 Å². The van der Waals surface area contributed by atoms with Crippen molar-refractivity contribution in [1.82, 2.24) is 9.55 Å². The molecule has 266 valence electrons. The number of H-pyrrole nitrogens is 1. The van der Waals surface area contributed by atoms with E-state index in [1.807, 2.05) is 18.2 Å². The van der Waals surface area contributed by atoms with Crippen molar-refractivity contribution in [3.05, 3.63) is 193 Å². The molecule has 0 spiro atoms. The van der Waals surface area contributed by atoms with Crippen LogP contribution < -0.4 is 9.88 Å². The van der Waals surface area contributed by atoms with Crippen LogP contribution in [0, 0.1) is 0 Å². The van der Waals surface area contributed by atoms with E-state index >= 15 is 0 Å². The zero-order valence-corrected chi connectivity index (χ0v) is 30.7. The van der Waals surface area contributed by atoms with Gasteiger partial charge >= 0.3 is 5.95 Å². The van der Waals surface area contributed by atoms with Crippen molar-refractivity contribution in [3.8, 4) is 28.1 Å². The molecule has 4 heterocycles. The van der Waals surface area contributed by atoms with E-state index in [9.17, 15) is 0 Å². The molecule has 5 heteroatoms. The van der Waals surface area contributed by atoms with Gasteiger partial charge < -0.3 is 8.98 Å². The summed E-state index contributed by atoms with van der Waals surface area (Å²) in [6.45, 7) is 0. The molecule has 0 atom stereocenters. The first-order valence-electron chi connectivity index (χ1n) is 19.3. The van der Waals surface area contributed by atoms with E-state index in [0.717, 1.165) is 89.4 Å². The summed E-state index contributed by atoms with van der Waals surface area (Å²) in [5.41, 5.74) is 14.7. The molecule has 0 aliphatic carbocycles. The third-order valence-electron chi connectivity index (χ3n) is 11.4. The fourth-order valence-electron chi connectivity index (χ4n) is 8.75. The van der Waals surface area contributed by atoms with Crippen LogP contribution in [0.2, 0.25) is 0 Å². The third-order valence-corrected chi connectivity index (χ3v) is 11.4. The number of para-hydroxylation sites is 4. The second kappa shape index (κ2) is 12.4. The first-order chi connectivity index (χ1) is 28.2. The number of aromatic amines is 1. The highest BCUT2D eigenvalue weighted by atomic mass is 16.3. The SMILES string of the molecule is C1=Cc2cc3oc4ccccc4c3cc2N(c2nc(-c3ccccc3)c3ccccc3[nH+]2)c2ccc(-c3ccc4c5ccccc5n(-c5ccccc5)c4c3)cc21. The van der Waals surface area contributed by atoms with E-state index in [0.29, 0.717) is 0 Å². The average molecular weight is 730 g/mol. The molecule has 1 N–H and O–H groups in total. The van der Waals surface area contributed by atoms with Gasteiger partial charge in [-0.15, -0.1) is 0 Å². The lowest BCUT2D eigenvalue weighted by Crippen LogP contribution is -2.24. The summed E-state index contributed by atoms with van der Waals surface area (Å²) in [6, 6.07) is 64.5. The van der Waals surface area contributed by atoms with Crippen LogP contribution in [0.1, 0.15) is 11.1 Å². The average Bonchev–Trinajstić information content (AvgIpc) is 3.75. The smallest absolute Gasteiger partial charge is 0.402 e. The molecule has 0 fully saturated rings. The summed E-state index contributed by atoms with van der Waals surface area (Å²) in [5, 5.41) is 5.69. The highest BCUT2D eigenvalue weighted by Crippen LogP contribution is 2.45. The van der Waals surface area contributed by atoms with E-state index in [1.165, 1.54) is 21.8 Å². The number of rotatable bonds is 4. The van der Waals surface area contributed by atoms with Crippen molar-refractivity contribution < 1.29 is 9.40 Å². The van der Waals surface area contributed by atoms with Gasteiger partial charge in [0.2, 0.25) is 0 Å². The van der Waals surface area contributed by atoms with Crippen molar-refractivity contribution in [2.45, 2.75) is 0 Å². The van der Waals surface area contributed by atoms with Crippen molar-refractivity contribution in [1.29, 1.82) is 0 Å². The van der Waals surface area contributed by atoms with Gasteiger partial charge in [-0.2, -0.15) is 4.90 Å². The molecule has 3 aromatic heterocycles. The summed E-state index contributed by atoms with van der Waals surface area (Å²) in [7, 11) is 0. The predicted molar refractivity (Wildman–Crippen MR) is 234 cm³/mol. The summed E-state index contributed by atoms with van der Waals surface area (Å²) in [4.78, 5) is 11.5. The molecule has 0 radical (unpaired) electrons. The number of anilines is 3. The van der Waals surface area contributed by atoms with Crippen LogP contribution >= 0.6 is 0 Å². The van der Waals surface area contributed by atoms with E-state index in [4.69, 9.17) is 9.40 Å². The molecule has 0 saturated heterocycles. The molecular weight excluding hydrogens is 697 g/mol. The summed E-state index contributed by atoms with van der Waals surface area (Å²) in [6.07, 6.45) is 4.44. The lowest BCUT2D eigenvalue weighted by molar-refractivity contribution is -0.333. The van der Waals surface area contributed by atoms with Gasteiger partial charge in [0.25, 0.3) is 0 Å². The maximum Gasteiger partial charge on any atom is 0.402 e. The first kappa shape index (κ1) is 31.6. The molecule has 0 bridgehead atoms. The Morgan fingerprint density at radius 1 is 0.439 bits per heavy atom. The van der Waals surface area contributed by atoms with Gasteiger partial charge in [-0.1, -0.05) is 132 Å². The lowest BCUT2D eigenvalue weighted by Gasteiger charge is -2.20. The quantitative estimate of drug-likeness (QED) is 0.181. The molecule has 12 rings (SSSR count). The van der Waals surface area contributed by atoms with Crippen molar-refractivity contribution >= 4 is 84.1 Å². The molecule has 1 aliphatic rings. The van der Waals surface area contributed by atoms with E-state index < -0.39 is 0 Å². The van der Waals surface area contributed by atoms with Gasteiger partial charge in [0.05, 0.1) is 16.4 Å². The van der Waals surface area contributed by atoms with Gasteiger partial charge in [-0.3, -0.25) is 0 Å². The molecule has 0 amide bonds. The van der Waals surface area contributed by atoms with Crippen LogP contribution in [0.4, 0.5) is 17.3 Å². The monoisotopic (exact) mass is 729 g/mol. The molecule has 0 unspecified atom stereocenters. The Hall–Kier alpha value is -7.76. The Bertz CT molecular complexity index is 3410. The minimum absolute atomic E-state index is 0.729. The normalized spacial score (nSPS) is 12.5. The number of hydrogen-bond donors (Lipinski definition) is 0. The minimum atomic E-state index is 0.729. The van der Waals surface area contributed by atoms with E-state index in [-0.39, 0.29) is 0 Å². The van der Waals surface area contributed by atoms with Gasteiger partial charge in [-0.05, 0) is 77.9 Å². The van der Waals surface area contributed by atoms with Gasteiger partial charge in [0.15, 0.2) is 5.69 Å². The second-order valence-corrected chi connectivity index (χ2v) is 14.7. The topological polar surface area (TPSA) is 48.3 Å². The number of aromatic nitrogens is 3. The molecule has 0 saturated carbocycles. The molecular formula is C52H33N4O+. The van der Waals surface area contributed by atoms with Gasteiger partial charge in [0.1, 0.15) is 28.1 Å². The Kier molecular flexibility index (Phi) is 6.86. The summed E-state index contributed by atoms with van der Waals surface area (Å²) >= 11 is 0. The Morgan fingerprint density at radius 3 is 1.96 bits per heavy atom. The van der Waals surface area contributed by atoms with Gasteiger partial charge in [-0.25, -0.2) is 4.98 Å². The number of fused-ring (bicyclic) bond motifs is 9. The number of benzene rings is 8. The standard InChI is InChI=1S/C52H32N4O/c1-3-13-33(14-4-1)51-42-19-7-10-20-44(42)53-52(54-51)56-45-28-26-34(29-36(45)23-24-37-31-50-43(32-47(37)56)41-18-9-12-22-49(41)57-50)35-25-27-40-39-17-8-11-21-46(39)55(48(40)30-35)38-15-5-2-6-16-38/h1-32H/p+1. The Morgan fingerprint density at radius 2 is 1.11 bits per heavy atom. The minimum Gasteiger partial charge on any atom is -0.456 e. The summed E-state index contributed by atoms with van der Waals surface area (Å²) in [5.74, 6) is 0.729. The molecule has 8 aromatic carbocycles. The predicted octanol–water partition coefficient (Wildman–Crippen LogP) is 13.3. The highest BCUT2D eigenvalue weighted by Gasteiger charge is 2.32. The van der Waals surface area contributed by atoms with Crippen LogP contribution in [0.25, 0.3) is 94.9 Å². The maximum absolute atomic E-state index is 6.41. The largest absolute Gasteiger partial charge is 0.456 e. The van der Waals surface area contributed by atoms with E-state index in [1.54, 1.807) is 0 Å². The number of nitrogens with zero attached hydrogens (tertiary/aromatic N) is 3. The number of hydrogen-bond acceptors (Lipinski definition) is 3. The Labute approximate surface area is 328 Å². The first-order valence-corrected chi connectivity index (χ1v) is 19.3. The zero-order valence-electron chi connectivity index (χ0n) is 30.7. The lowest BCUT2D eigenvalue weighted by atomic mass is 9.99.